The highest BCUT2D eigenvalue weighted by molar-refractivity contribution is 5.81. The first kappa shape index (κ1) is 14.5. The van der Waals surface area contributed by atoms with Crippen LogP contribution < -0.4 is 10.6 Å². The summed E-state index contributed by atoms with van der Waals surface area (Å²) < 4.78 is 5.07. The Kier molecular flexibility index (Phi) is 6.22. The number of nitrogens with one attached hydrogen (secondary N) is 2. The Hall–Kier alpha value is -1.55. The SMILES string of the molecule is COCCc1ccccc1NCC(=O)NC(C)C. The summed E-state index contributed by atoms with van der Waals surface area (Å²) in [7, 11) is 1.69. The first-order chi connectivity index (χ1) is 8.63. The zero-order valence-corrected chi connectivity index (χ0v) is 11.3. The van der Waals surface area contributed by atoms with Crippen molar-refractivity contribution < 1.29 is 9.53 Å². The van der Waals surface area contributed by atoms with E-state index in [-0.39, 0.29) is 11.9 Å². The number of anilines is 1. The predicted octanol–water partition coefficient (Wildman–Crippen LogP) is 1.81. The van der Waals surface area contributed by atoms with Crippen LogP contribution in [0.1, 0.15) is 19.4 Å². The van der Waals surface area contributed by atoms with Crippen LogP contribution >= 0.6 is 0 Å². The highest BCUT2D eigenvalue weighted by Gasteiger charge is 2.05. The monoisotopic (exact) mass is 250 g/mol. The van der Waals surface area contributed by atoms with Crippen LogP contribution in [0.5, 0.6) is 0 Å². The van der Waals surface area contributed by atoms with Gasteiger partial charge in [0.05, 0.1) is 13.2 Å². The lowest BCUT2D eigenvalue weighted by Crippen LogP contribution is -2.34. The maximum Gasteiger partial charge on any atom is 0.239 e. The molecule has 0 aliphatic carbocycles. The fourth-order valence-corrected chi connectivity index (χ4v) is 1.67. The van der Waals surface area contributed by atoms with Crippen molar-refractivity contribution in [3.05, 3.63) is 29.8 Å². The van der Waals surface area contributed by atoms with Crippen LogP contribution in [-0.4, -0.2) is 32.2 Å². The first-order valence-electron chi connectivity index (χ1n) is 6.23. The zero-order chi connectivity index (χ0) is 13.4. The van der Waals surface area contributed by atoms with Gasteiger partial charge in [-0.15, -0.1) is 0 Å². The van der Waals surface area contributed by atoms with Gasteiger partial charge in [-0.2, -0.15) is 0 Å². The second kappa shape index (κ2) is 7.71. The Morgan fingerprint density at radius 3 is 2.72 bits per heavy atom. The number of ether oxygens (including phenoxy) is 1. The lowest BCUT2D eigenvalue weighted by Gasteiger charge is -2.13. The third-order valence-electron chi connectivity index (χ3n) is 2.48. The molecule has 18 heavy (non-hydrogen) atoms. The zero-order valence-electron chi connectivity index (χ0n) is 11.3. The molecule has 0 spiro atoms. The summed E-state index contributed by atoms with van der Waals surface area (Å²) in [6, 6.07) is 8.14. The Bertz CT molecular complexity index is 378. The third-order valence-corrected chi connectivity index (χ3v) is 2.48. The van der Waals surface area contributed by atoms with Crippen LogP contribution in [0.25, 0.3) is 0 Å². The summed E-state index contributed by atoms with van der Waals surface area (Å²) in [5, 5.41) is 6.01. The number of hydrogen-bond donors (Lipinski definition) is 2. The van der Waals surface area contributed by atoms with E-state index < -0.39 is 0 Å². The van der Waals surface area contributed by atoms with E-state index in [4.69, 9.17) is 4.74 Å². The molecule has 1 amide bonds. The number of hydrogen-bond acceptors (Lipinski definition) is 3. The van der Waals surface area contributed by atoms with E-state index in [0.29, 0.717) is 13.2 Å². The minimum Gasteiger partial charge on any atom is -0.384 e. The van der Waals surface area contributed by atoms with Crippen LogP contribution in [0, 0.1) is 0 Å². The molecule has 1 aromatic rings. The number of amides is 1. The Morgan fingerprint density at radius 2 is 2.06 bits per heavy atom. The number of carbonyl (C=O) groups excluding carboxylic acids is 1. The average molecular weight is 250 g/mol. The van der Waals surface area contributed by atoms with E-state index in [2.05, 4.69) is 10.6 Å². The van der Waals surface area contributed by atoms with Gasteiger partial charge < -0.3 is 15.4 Å². The van der Waals surface area contributed by atoms with Crippen LogP contribution in [-0.2, 0) is 16.0 Å². The Balaban J connectivity index is 2.53. The Morgan fingerprint density at radius 1 is 1.33 bits per heavy atom. The molecule has 0 aliphatic rings. The molecule has 1 aromatic carbocycles. The molecular formula is C14H22N2O2. The summed E-state index contributed by atoms with van der Waals surface area (Å²) in [6.45, 7) is 4.87. The van der Waals surface area contributed by atoms with Crippen molar-refractivity contribution in [1.82, 2.24) is 5.32 Å². The average Bonchev–Trinajstić information content (AvgIpc) is 2.34. The maximum atomic E-state index is 11.6. The number of rotatable bonds is 7. The second-order valence-corrected chi connectivity index (χ2v) is 4.48. The van der Waals surface area contributed by atoms with Crippen molar-refractivity contribution in [3.63, 3.8) is 0 Å². The molecule has 0 atom stereocenters. The molecule has 0 aliphatic heterocycles. The van der Waals surface area contributed by atoms with Crippen LogP contribution in [0.3, 0.4) is 0 Å². The van der Waals surface area contributed by atoms with Gasteiger partial charge in [-0.05, 0) is 31.9 Å². The molecule has 1 rings (SSSR count). The molecule has 0 fully saturated rings. The topological polar surface area (TPSA) is 50.4 Å². The van der Waals surface area contributed by atoms with E-state index >= 15 is 0 Å². The van der Waals surface area contributed by atoms with Crippen LogP contribution in [0.2, 0.25) is 0 Å². The number of para-hydroxylation sites is 1. The minimum atomic E-state index is 0.00606. The van der Waals surface area contributed by atoms with Gasteiger partial charge in [0.2, 0.25) is 5.91 Å². The molecule has 2 N–H and O–H groups in total. The fraction of sp³-hybridized carbons (Fsp3) is 0.500. The van der Waals surface area contributed by atoms with Crippen molar-refractivity contribution in [2.75, 3.05) is 25.6 Å². The van der Waals surface area contributed by atoms with E-state index in [0.717, 1.165) is 17.7 Å². The van der Waals surface area contributed by atoms with E-state index in [1.807, 2.05) is 38.1 Å². The van der Waals surface area contributed by atoms with Gasteiger partial charge in [-0.25, -0.2) is 0 Å². The summed E-state index contributed by atoms with van der Waals surface area (Å²) >= 11 is 0. The first-order valence-corrected chi connectivity index (χ1v) is 6.23. The van der Waals surface area contributed by atoms with Crippen molar-refractivity contribution in [1.29, 1.82) is 0 Å². The van der Waals surface area contributed by atoms with Gasteiger partial charge in [0.25, 0.3) is 0 Å². The van der Waals surface area contributed by atoms with Gasteiger partial charge in [0.15, 0.2) is 0 Å². The molecule has 0 bridgehead atoms. The molecule has 0 aromatic heterocycles. The molecule has 0 saturated heterocycles. The highest BCUT2D eigenvalue weighted by atomic mass is 16.5. The normalized spacial score (nSPS) is 10.4. The van der Waals surface area contributed by atoms with Crippen molar-refractivity contribution >= 4 is 11.6 Å². The van der Waals surface area contributed by atoms with Gasteiger partial charge in [-0.3, -0.25) is 4.79 Å². The van der Waals surface area contributed by atoms with E-state index in [9.17, 15) is 4.79 Å². The van der Waals surface area contributed by atoms with Gasteiger partial charge in [-0.1, -0.05) is 18.2 Å². The number of benzene rings is 1. The molecule has 4 heteroatoms. The standard InChI is InChI=1S/C14H22N2O2/c1-11(2)16-14(17)10-15-13-7-5-4-6-12(13)8-9-18-3/h4-7,11,15H,8-10H2,1-3H3,(H,16,17). The Labute approximate surface area is 109 Å². The third kappa shape index (κ3) is 5.19. The number of methoxy groups -OCH3 is 1. The highest BCUT2D eigenvalue weighted by Crippen LogP contribution is 2.15. The minimum absolute atomic E-state index is 0.00606. The summed E-state index contributed by atoms with van der Waals surface area (Å²) in [5.41, 5.74) is 2.16. The molecular weight excluding hydrogens is 228 g/mol. The lowest BCUT2D eigenvalue weighted by atomic mass is 10.1. The van der Waals surface area contributed by atoms with Gasteiger partial charge in [0.1, 0.15) is 0 Å². The number of carbonyl (C=O) groups is 1. The molecule has 100 valence electrons. The van der Waals surface area contributed by atoms with Crippen molar-refractivity contribution in [3.8, 4) is 0 Å². The summed E-state index contributed by atoms with van der Waals surface area (Å²) in [4.78, 5) is 11.6. The quantitative estimate of drug-likeness (QED) is 0.776. The summed E-state index contributed by atoms with van der Waals surface area (Å²) in [5.74, 6) is 0.00606. The largest absolute Gasteiger partial charge is 0.384 e. The second-order valence-electron chi connectivity index (χ2n) is 4.48. The van der Waals surface area contributed by atoms with E-state index in [1.54, 1.807) is 7.11 Å². The molecule has 0 radical (unpaired) electrons. The van der Waals surface area contributed by atoms with Gasteiger partial charge >= 0.3 is 0 Å². The fourth-order valence-electron chi connectivity index (χ4n) is 1.67. The smallest absolute Gasteiger partial charge is 0.239 e. The van der Waals surface area contributed by atoms with Crippen molar-refractivity contribution in [2.45, 2.75) is 26.3 Å². The maximum absolute atomic E-state index is 11.6. The summed E-state index contributed by atoms with van der Waals surface area (Å²) in [6.07, 6.45) is 0.839. The van der Waals surface area contributed by atoms with Crippen LogP contribution in [0.4, 0.5) is 5.69 Å². The molecule has 0 saturated carbocycles. The molecule has 0 heterocycles. The molecule has 0 unspecified atom stereocenters. The van der Waals surface area contributed by atoms with Gasteiger partial charge in [0, 0.05) is 18.8 Å². The lowest BCUT2D eigenvalue weighted by molar-refractivity contribution is -0.119. The van der Waals surface area contributed by atoms with E-state index in [1.165, 1.54) is 0 Å². The predicted molar refractivity (Wildman–Crippen MR) is 73.8 cm³/mol. The molecule has 4 nitrogen and oxygen atoms in total. The van der Waals surface area contributed by atoms with Crippen LogP contribution in [0.15, 0.2) is 24.3 Å². The van der Waals surface area contributed by atoms with Crippen molar-refractivity contribution in [2.24, 2.45) is 0 Å².